The Labute approximate surface area is 85.5 Å². The van der Waals surface area contributed by atoms with E-state index in [1.807, 2.05) is 6.92 Å². The molecule has 0 aromatic rings. The summed E-state index contributed by atoms with van der Waals surface area (Å²) < 4.78 is 5.35. The molecular formula is C10H22O4. The molecule has 1 aliphatic heterocycles. The second-order valence-corrected chi connectivity index (χ2v) is 4.21. The summed E-state index contributed by atoms with van der Waals surface area (Å²) in [6.07, 6.45) is 2.62. The van der Waals surface area contributed by atoms with Gasteiger partial charge >= 0.3 is 0 Å². The SMILES string of the molecule is CC(C)(O)O.C[C@@H](CO)C1CCCO1. The predicted octanol–water partition coefficient (Wildman–Crippen LogP) is 0.501. The van der Waals surface area contributed by atoms with Crippen LogP contribution >= 0.6 is 0 Å². The van der Waals surface area contributed by atoms with Crippen LogP contribution in [0.3, 0.4) is 0 Å². The van der Waals surface area contributed by atoms with Crippen LogP contribution in [0.15, 0.2) is 0 Å². The van der Waals surface area contributed by atoms with Crippen molar-refractivity contribution in [1.82, 2.24) is 0 Å². The van der Waals surface area contributed by atoms with Crippen molar-refractivity contribution < 1.29 is 20.1 Å². The van der Waals surface area contributed by atoms with Gasteiger partial charge in [-0.25, -0.2) is 0 Å². The Kier molecular flexibility index (Phi) is 6.27. The van der Waals surface area contributed by atoms with E-state index in [0.29, 0.717) is 12.0 Å². The van der Waals surface area contributed by atoms with E-state index in [1.165, 1.54) is 13.8 Å². The zero-order valence-electron chi connectivity index (χ0n) is 9.23. The van der Waals surface area contributed by atoms with E-state index in [9.17, 15) is 0 Å². The molecular weight excluding hydrogens is 184 g/mol. The van der Waals surface area contributed by atoms with E-state index in [1.54, 1.807) is 0 Å². The average molecular weight is 206 g/mol. The molecule has 0 aromatic carbocycles. The van der Waals surface area contributed by atoms with Crippen LogP contribution in [0.1, 0.15) is 33.6 Å². The number of ether oxygens (including phenoxy) is 1. The second kappa shape index (κ2) is 6.35. The minimum atomic E-state index is -1.50. The minimum absolute atomic E-state index is 0.255. The van der Waals surface area contributed by atoms with Crippen LogP contribution in [-0.4, -0.2) is 40.4 Å². The molecule has 0 saturated carbocycles. The molecule has 3 N–H and O–H groups in total. The smallest absolute Gasteiger partial charge is 0.156 e. The van der Waals surface area contributed by atoms with Crippen molar-refractivity contribution in [3.05, 3.63) is 0 Å². The molecule has 0 aromatic heterocycles. The Hall–Kier alpha value is -0.160. The van der Waals surface area contributed by atoms with Crippen molar-refractivity contribution in [1.29, 1.82) is 0 Å². The van der Waals surface area contributed by atoms with Crippen LogP contribution in [0.25, 0.3) is 0 Å². The predicted molar refractivity (Wildman–Crippen MR) is 53.7 cm³/mol. The summed E-state index contributed by atoms with van der Waals surface area (Å²) in [5.41, 5.74) is 0. The van der Waals surface area contributed by atoms with E-state index in [2.05, 4.69) is 0 Å². The molecule has 86 valence electrons. The molecule has 0 radical (unpaired) electrons. The van der Waals surface area contributed by atoms with Gasteiger partial charge < -0.3 is 20.1 Å². The first kappa shape index (κ1) is 13.8. The first-order valence-electron chi connectivity index (χ1n) is 5.01. The lowest BCUT2D eigenvalue weighted by molar-refractivity contribution is -0.127. The lowest BCUT2D eigenvalue weighted by atomic mass is 10.0. The van der Waals surface area contributed by atoms with Gasteiger partial charge in [0.2, 0.25) is 0 Å². The molecule has 1 fully saturated rings. The second-order valence-electron chi connectivity index (χ2n) is 4.21. The standard InChI is InChI=1S/C7H14O2.C3H8O2/c1-6(5-8)7-3-2-4-9-7;1-3(2,4)5/h6-8H,2-5H2,1H3;4-5H,1-2H3/t6-,7?;/m0./s1. The highest BCUT2D eigenvalue weighted by atomic mass is 16.5. The molecule has 4 nitrogen and oxygen atoms in total. The van der Waals surface area contributed by atoms with Gasteiger partial charge in [0.1, 0.15) is 0 Å². The van der Waals surface area contributed by atoms with Crippen molar-refractivity contribution in [2.75, 3.05) is 13.2 Å². The van der Waals surface area contributed by atoms with E-state index in [-0.39, 0.29) is 6.61 Å². The molecule has 1 aliphatic rings. The number of hydrogen-bond acceptors (Lipinski definition) is 4. The van der Waals surface area contributed by atoms with Crippen LogP contribution in [0.4, 0.5) is 0 Å². The third-order valence-corrected chi connectivity index (χ3v) is 1.89. The molecule has 2 atom stereocenters. The lowest BCUT2D eigenvalue weighted by Crippen LogP contribution is -2.19. The fourth-order valence-electron chi connectivity index (χ4n) is 1.17. The van der Waals surface area contributed by atoms with Gasteiger partial charge in [0, 0.05) is 19.1 Å². The molecule has 1 heterocycles. The van der Waals surface area contributed by atoms with Gasteiger partial charge in [0.25, 0.3) is 0 Å². The van der Waals surface area contributed by atoms with Crippen LogP contribution in [0.5, 0.6) is 0 Å². The summed E-state index contributed by atoms with van der Waals surface area (Å²) in [5, 5.41) is 24.9. The number of aliphatic hydroxyl groups is 3. The zero-order chi connectivity index (χ0) is 11.2. The molecule has 1 rings (SSSR count). The molecule has 1 unspecified atom stereocenters. The van der Waals surface area contributed by atoms with Gasteiger partial charge in [-0.3, -0.25) is 0 Å². The molecule has 0 amide bonds. The van der Waals surface area contributed by atoms with E-state index >= 15 is 0 Å². The topological polar surface area (TPSA) is 69.9 Å². The first-order valence-corrected chi connectivity index (χ1v) is 5.01. The lowest BCUT2D eigenvalue weighted by Gasteiger charge is -2.14. The Morgan fingerprint density at radius 3 is 2.21 bits per heavy atom. The van der Waals surface area contributed by atoms with Gasteiger partial charge in [-0.1, -0.05) is 6.92 Å². The summed E-state index contributed by atoms with van der Waals surface area (Å²) in [7, 11) is 0. The van der Waals surface area contributed by atoms with Crippen molar-refractivity contribution in [2.24, 2.45) is 5.92 Å². The molecule has 4 heteroatoms. The van der Waals surface area contributed by atoms with E-state index in [4.69, 9.17) is 20.1 Å². The highest BCUT2D eigenvalue weighted by Crippen LogP contribution is 2.19. The summed E-state index contributed by atoms with van der Waals surface area (Å²) in [6.45, 7) is 5.76. The minimum Gasteiger partial charge on any atom is -0.396 e. The maximum Gasteiger partial charge on any atom is 0.156 e. The van der Waals surface area contributed by atoms with Gasteiger partial charge in [0.15, 0.2) is 5.79 Å². The molecule has 0 spiro atoms. The van der Waals surface area contributed by atoms with Crippen LogP contribution in [0, 0.1) is 5.92 Å². The molecule has 0 aliphatic carbocycles. The molecule has 14 heavy (non-hydrogen) atoms. The van der Waals surface area contributed by atoms with Crippen molar-refractivity contribution in [3.63, 3.8) is 0 Å². The van der Waals surface area contributed by atoms with E-state index in [0.717, 1.165) is 19.4 Å². The third kappa shape index (κ3) is 8.44. The Morgan fingerprint density at radius 2 is 1.93 bits per heavy atom. The van der Waals surface area contributed by atoms with Gasteiger partial charge in [-0.15, -0.1) is 0 Å². The van der Waals surface area contributed by atoms with Crippen LogP contribution < -0.4 is 0 Å². The number of aliphatic hydroxyl groups excluding tert-OH is 1. The van der Waals surface area contributed by atoms with Gasteiger partial charge in [-0.05, 0) is 26.7 Å². The van der Waals surface area contributed by atoms with Crippen molar-refractivity contribution in [3.8, 4) is 0 Å². The zero-order valence-corrected chi connectivity index (χ0v) is 9.23. The average Bonchev–Trinajstić information content (AvgIpc) is 2.51. The summed E-state index contributed by atoms with van der Waals surface area (Å²) in [5.74, 6) is -1.17. The van der Waals surface area contributed by atoms with Gasteiger partial charge in [-0.2, -0.15) is 0 Å². The van der Waals surface area contributed by atoms with Crippen molar-refractivity contribution >= 4 is 0 Å². The van der Waals surface area contributed by atoms with Crippen molar-refractivity contribution in [2.45, 2.75) is 45.5 Å². The number of hydrogen-bond donors (Lipinski definition) is 3. The Bertz CT molecular complexity index is 130. The fourth-order valence-corrected chi connectivity index (χ4v) is 1.17. The third-order valence-electron chi connectivity index (χ3n) is 1.89. The quantitative estimate of drug-likeness (QED) is 0.575. The maximum absolute atomic E-state index is 8.72. The first-order chi connectivity index (χ1) is 6.34. The highest BCUT2D eigenvalue weighted by Gasteiger charge is 2.20. The molecule has 0 bridgehead atoms. The normalized spacial score (nSPS) is 24.0. The summed E-state index contributed by atoms with van der Waals surface area (Å²) in [6, 6.07) is 0. The maximum atomic E-state index is 8.72. The number of rotatable bonds is 2. The highest BCUT2D eigenvalue weighted by molar-refractivity contribution is 4.69. The molecule has 1 saturated heterocycles. The summed E-state index contributed by atoms with van der Waals surface area (Å²) in [4.78, 5) is 0. The Morgan fingerprint density at radius 1 is 1.43 bits per heavy atom. The Balaban J connectivity index is 0.000000292. The largest absolute Gasteiger partial charge is 0.396 e. The van der Waals surface area contributed by atoms with Crippen LogP contribution in [0.2, 0.25) is 0 Å². The summed E-state index contributed by atoms with van der Waals surface area (Å²) >= 11 is 0. The van der Waals surface area contributed by atoms with Crippen LogP contribution in [-0.2, 0) is 4.74 Å². The monoisotopic (exact) mass is 206 g/mol. The van der Waals surface area contributed by atoms with Gasteiger partial charge in [0.05, 0.1) is 6.10 Å². The fraction of sp³-hybridized carbons (Fsp3) is 1.00. The van der Waals surface area contributed by atoms with E-state index < -0.39 is 5.79 Å².